The zero-order valence-corrected chi connectivity index (χ0v) is 14.8. The Hall–Kier alpha value is -2.72. The minimum atomic E-state index is -0.386. The molecule has 0 aliphatic carbocycles. The summed E-state index contributed by atoms with van der Waals surface area (Å²) in [4.78, 5) is 17.2. The van der Waals surface area contributed by atoms with Gasteiger partial charge < -0.3 is 5.32 Å². The van der Waals surface area contributed by atoms with Gasteiger partial charge in [0.25, 0.3) is 0 Å². The number of hydrogen-bond donors (Lipinski definition) is 1. The molecule has 0 radical (unpaired) electrons. The molecule has 0 saturated heterocycles. The van der Waals surface area contributed by atoms with Crippen molar-refractivity contribution in [3.05, 3.63) is 101 Å². The minimum Gasteiger partial charge on any atom is -0.351 e. The number of rotatable bonds is 6. The first-order valence-corrected chi connectivity index (χ1v) is 8.67. The first kappa shape index (κ1) is 18.1. The van der Waals surface area contributed by atoms with Crippen molar-refractivity contribution < 1.29 is 9.18 Å². The first-order chi connectivity index (χ1) is 12.6. The van der Waals surface area contributed by atoms with Crippen molar-refractivity contribution in [1.29, 1.82) is 0 Å². The lowest BCUT2D eigenvalue weighted by Crippen LogP contribution is -2.30. The third-order valence-corrected chi connectivity index (χ3v) is 4.36. The highest BCUT2D eigenvalue weighted by atomic mass is 35.5. The average Bonchev–Trinajstić information content (AvgIpc) is 2.67. The molecule has 3 aromatic rings. The molecule has 132 valence electrons. The average molecular weight is 369 g/mol. The number of hydrogen-bond acceptors (Lipinski definition) is 2. The Morgan fingerprint density at radius 2 is 1.77 bits per heavy atom. The van der Waals surface area contributed by atoms with Crippen LogP contribution in [0.15, 0.2) is 72.9 Å². The van der Waals surface area contributed by atoms with E-state index in [1.807, 2.05) is 30.3 Å². The Morgan fingerprint density at radius 3 is 2.42 bits per heavy atom. The van der Waals surface area contributed by atoms with Crippen molar-refractivity contribution in [2.75, 3.05) is 0 Å². The van der Waals surface area contributed by atoms with Gasteiger partial charge in [-0.25, -0.2) is 4.39 Å². The van der Waals surface area contributed by atoms with Crippen LogP contribution in [0.3, 0.4) is 0 Å². The standard InChI is InChI=1S/C21H18ClFN2O/c22-17-8-6-16(7-9-17)20(13-19-3-1-2-12-24-19)21(26)25-14-15-4-10-18(23)11-5-15/h1-12,20H,13-14H2,(H,25,26). The van der Waals surface area contributed by atoms with Gasteiger partial charge in [-0.2, -0.15) is 0 Å². The van der Waals surface area contributed by atoms with Gasteiger partial charge in [-0.1, -0.05) is 41.9 Å². The van der Waals surface area contributed by atoms with Crippen molar-refractivity contribution in [3.63, 3.8) is 0 Å². The molecule has 1 aromatic heterocycles. The number of amides is 1. The summed E-state index contributed by atoms with van der Waals surface area (Å²) in [7, 11) is 0. The molecule has 1 atom stereocenters. The molecule has 3 rings (SSSR count). The topological polar surface area (TPSA) is 42.0 Å². The second-order valence-electron chi connectivity index (χ2n) is 5.97. The van der Waals surface area contributed by atoms with E-state index in [0.717, 1.165) is 16.8 Å². The zero-order valence-electron chi connectivity index (χ0n) is 14.0. The molecule has 0 bridgehead atoms. The molecule has 2 aromatic carbocycles. The maximum absolute atomic E-state index is 13.0. The fraction of sp³-hybridized carbons (Fsp3) is 0.143. The van der Waals surface area contributed by atoms with Crippen LogP contribution in [0.2, 0.25) is 5.02 Å². The van der Waals surface area contributed by atoms with E-state index in [2.05, 4.69) is 10.3 Å². The lowest BCUT2D eigenvalue weighted by molar-refractivity contribution is -0.122. The third kappa shape index (κ3) is 4.90. The van der Waals surface area contributed by atoms with Gasteiger partial charge in [0, 0.05) is 29.9 Å². The lowest BCUT2D eigenvalue weighted by atomic mass is 9.93. The molecule has 0 fully saturated rings. The summed E-state index contributed by atoms with van der Waals surface area (Å²) < 4.78 is 13.0. The smallest absolute Gasteiger partial charge is 0.228 e. The fourth-order valence-corrected chi connectivity index (χ4v) is 2.83. The van der Waals surface area contributed by atoms with Gasteiger partial charge in [0.15, 0.2) is 0 Å². The quantitative estimate of drug-likeness (QED) is 0.695. The fourth-order valence-electron chi connectivity index (χ4n) is 2.70. The molecule has 1 heterocycles. The molecule has 1 amide bonds. The van der Waals surface area contributed by atoms with Crippen LogP contribution >= 0.6 is 11.6 Å². The summed E-state index contributed by atoms with van der Waals surface area (Å²) in [6, 6.07) is 19.0. The molecule has 0 saturated carbocycles. The van der Waals surface area contributed by atoms with Crippen molar-refractivity contribution in [2.24, 2.45) is 0 Å². The lowest BCUT2D eigenvalue weighted by Gasteiger charge is -2.17. The van der Waals surface area contributed by atoms with Crippen LogP contribution in [-0.4, -0.2) is 10.9 Å². The summed E-state index contributed by atoms with van der Waals surface area (Å²) in [5.74, 6) is -0.792. The van der Waals surface area contributed by atoms with Crippen LogP contribution in [0, 0.1) is 5.82 Å². The van der Waals surface area contributed by atoms with Crippen LogP contribution in [0.25, 0.3) is 0 Å². The summed E-state index contributed by atoms with van der Waals surface area (Å²) in [5, 5.41) is 3.55. The summed E-state index contributed by atoms with van der Waals surface area (Å²) in [5.41, 5.74) is 2.55. The highest BCUT2D eigenvalue weighted by Crippen LogP contribution is 2.22. The molecule has 5 heteroatoms. The van der Waals surface area contributed by atoms with Crippen molar-refractivity contribution >= 4 is 17.5 Å². The van der Waals surface area contributed by atoms with Gasteiger partial charge in [-0.3, -0.25) is 9.78 Å². The van der Waals surface area contributed by atoms with Gasteiger partial charge in [-0.15, -0.1) is 0 Å². The van der Waals surface area contributed by atoms with E-state index in [1.54, 1.807) is 30.5 Å². The maximum atomic E-state index is 13.0. The van der Waals surface area contributed by atoms with Crippen LogP contribution in [0.1, 0.15) is 22.7 Å². The van der Waals surface area contributed by atoms with E-state index in [0.29, 0.717) is 18.0 Å². The Morgan fingerprint density at radius 1 is 1.04 bits per heavy atom. The van der Waals surface area contributed by atoms with Crippen LogP contribution in [0.4, 0.5) is 4.39 Å². The molecule has 0 aliphatic heterocycles. The number of pyridine rings is 1. The number of nitrogens with one attached hydrogen (secondary N) is 1. The summed E-state index contributed by atoms with van der Waals surface area (Å²) in [6.45, 7) is 0.339. The first-order valence-electron chi connectivity index (χ1n) is 8.29. The van der Waals surface area contributed by atoms with Crippen molar-refractivity contribution in [3.8, 4) is 0 Å². The van der Waals surface area contributed by atoms with Crippen molar-refractivity contribution in [1.82, 2.24) is 10.3 Å². The maximum Gasteiger partial charge on any atom is 0.228 e. The largest absolute Gasteiger partial charge is 0.351 e. The summed E-state index contributed by atoms with van der Waals surface area (Å²) in [6.07, 6.45) is 2.20. The van der Waals surface area contributed by atoms with E-state index >= 15 is 0 Å². The van der Waals surface area contributed by atoms with Gasteiger partial charge >= 0.3 is 0 Å². The Labute approximate surface area is 156 Å². The normalized spacial score (nSPS) is 11.8. The van der Waals surface area contributed by atoms with Crippen LogP contribution in [-0.2, 0) is 17.8 Å². The van der Waals surface area contributed by atoms with Gasteiger partial charge in [0.05, 0.1) is 5.92 Å². The molecular formula is C21H18ClFN2O. The van der Waals surface area contributed by atoms with E-state index < -0.39 is 0 Å². The van der Waals surface area contributed by atoms with Crippen molar-refractivity contribution in [2.45, 2.75) is 18.9 Å². The minimum absolute atomic E-state index is 0.109. The molecule has 1 unspecified atom stereocenters. The molecule has 1 N–H and O–H groups in total. The monoisotopic (exact) mass is 368 g/mol. The Kier molecular flexibility index (Phi) is 5.97. The Bertz CT molecular complexity index is 851. The third-order valence-electron chi connectivity index (χ3n) is 4.11. The van der Waals surface area contributed by atoms with Crippen LogP contribution in [0.5, 0.6) is 0 Å². The predicted molar refractivity (Wildman–Crippen MR) is 100 cm³/mol. The molecule has 26 heavy (non-hydrogen) atoms. The van der Waals surface area contributed by atoms with Crippen LogP contribution < -0.4 is 5.32 Å². The van der Waals surface area contributed by atoms with Gasteiger partial charge in [0.2, 0.25) is 5.91 Å². The number of halogens is 2. The van der Waals surface area contributed by atoms with E-state index in [1.165, 1.54) is 12.1 Å². The number of aromatic nitrogens is 1. The second-order valence-corrected chi connectivity index (χ2v) is 6.41. The number of carbonyl (C=O) groups is 1. The van der Waals surface area contributed by atoms with E-state index in [-0.39, 0.29) is 17.6 Å². The SMILES string of the molecule is O=C(NCc1ccc(F)cc1)C(Cc1ccccn1)c1ccc(Cl)cc1. The highest BCUT2D eigenvalue weighted by molar-refractivity contribution is 6.30. The van der Waals surface area contributed by atoms with E-state index in [9.17, 15) is 9.18 Å². The molecule has 3 nitrogen and oxygen atoms in total. The number of benzene rings is 2. The number of carbonyl (C=O) groups excluding carboxylic acids is 1. The summed E-state index contributed by atoms with van der Waals surface area (Å²) >= 11 is 5.97. The second kappa shape index (κ2) is 8.59. The molecule has 0 spiro atoms. The van der Waals surface area contributed by atoms with E-state index in [4.69, 9.17) is 11.6 Å². The highest BCUT2D eigenvalue weighted by Gasteiger charge is 2.21. The Balaban J connectivity index is 1.76. The van der Waals surface area contributed by atoms with Gasteiger partial charge in [0.1, 0.15) is 5.82 Å². The number of nitrogens with zero attached hydrogens (tertiary/aromatic N) is 1. The predicted octanol–water partition coefficient (Wildman–Crippen LogP) is 4.52. The molecular weight excluding hydrogens is 351 g/mol. The zero-order chi connectivity index (χ0) is 18.4. The molecule has 0 aliphatic rings. The van der Waals surface area contributed by atoms with Gasteiger partial charge in [-0.05, 0) is 47.5 Å².